The van der Waals surface area contributed by atoms with Crippen LogP contribution in [0.2, 0.25) is 0 Å². The Labute approximate surface area is 230 Å². The largest absolute Gasteiger partial charge is 0.507 e. The monoisotopic (exact) mass is 548 g/mol. The molecule has 0 radical (unpaired) electrons. The van der Waals surface area contributed by atoms with E-state index in [0.29, 0.717) is 41.5 Å². The number of benzene rings is 2. The lowest BCUT2D eigenvalue weighted by atomic mass is 9.95. The van der Waals surface area contributed by atoms with E-state index in [4.69, 9.17) is 14.2 Å². The summed E-state index contributed by atoms with van der Waals surface area (Å²) in [7, 11) is 0. The van der Waals surface area contributed by atoms with E-state index in [2.05, 4.69) is 11.6 Å². The molecule has 3 aromatic rings. The highest BCUT2D eigenvalue weighted by molar-refractivity contribution is 7.17. The number of hydrogen-bond donors (Lipinski definition) is 1. The molecule has 1 fully saturated rings. The van der Waals surface area contributed by atoms with Crippen LogP contribution in [-0.2, 0) is 14.3 Å². The van der Waals surface area contributed by atoms with Crippen LogP contribution in [0, 0.1) is 6.92 Å². The fourth-order valence-electron chi connectivity index (χ4n) is 4.17. The highest BCUT2D eigenvalue weighted by Crippen LogP contribution is 2.44. The maximum absolute atomic E-state index is 13.5. The first-order valence-corrected chi connectivity index (χ1v) is 13.1. The van der Waals surface area contributed by atoms with E-state index >= 15 is 0 Å². The molecule has 0 aliphatic carbocycles. The smallest absolute Gasteiger partial charge is 0.350 e. The highest BCUT2D eigenvalue weighted by atomic mass is 32.1. The van der Waals surface area contributed by atoms with E-state index < -0.39 is 23.7 Å². The number of rotatable bonds is 10. The molecular formula is C29H28N2O7S. The molecule has 1 unspecified atom stereocenters. The third-order valence-electron chi connectivity index (χ3n) is 5.88. The van der Waals surface area contributed by atoms with Crippen molar-refractivity contribution in [3.05, 3.63) is 88.5 Å². The molecule has 202 valence electrons. The van der Waals surface area contributed by atoms with Gasteiger partial charge in [-0.25, -0.2) is 9.78 Å². The van der Waals surface area contributed by atoms with Crippen LogP contribution < -0.4 is 14.4 Å². The molecule has 1 aliphatic heterocycles. The lowest BCUT2D eigenvalue weighted by molar-refractivity contribution is -0.132. The van der Waals surface area contributed by atoms with E-state index in [-0.39, 0.29) is 27.9 Å². The topological polar surface area (TPSA) is 115 Å². The van der Waals surface area contributed by atoms with Crippen LogP contribution in [0.1, 0.15) is 46.4 Å². The Kier molecular flexibility index (Phi) is 8.46. The first-order chi connectivity index (χ1) is 18.8. The molecule has 1 aliphatic rings. The molecule has 1 N–H and O–H groups in total. The summed E-state index contributed by atoms with van der Waals surface area (Å²) in [5.74, 6) is -1.60. The van der Waals surface area contributed by atoms with Crippen molar-refractivity contribution in [2.75, 3.05) is 24.7 Å². The van der Waals surface area contributed by atoms with Crippen LogP contribution in [-0.4, -0.2) is 47.6 Å². The van der Waals surface area contributed by atoms with Crippen molar-refractivity contribution in [3.8, 4) is 11.5 Å². The molecule has 4 rings (SSSR count). The van der Waals surface area contributed by atoms with Gasteiger partial charge in [0.25, 0.3) is 5.78 Å². The summed E-state index contributed by atoms with van der Waals surface area (Å²) in [6, 6.07) is 12.4. The zero-order valence-corrected chi connectivity index (χ0v) is 22.6. The van der Waals surface area contributed by atoms with Gasteiger partial charge >= 0.3 is 11.9 Å². The normalized spacial score (nSPS) is 16.3. The summed E-state index contributed by atoms with van der Waals surface area (Å²) in [5, 5.41) is 11.5. The first-order valence-electron chi connectivity index (χ1n) is 12.3. The molecule has 1 atom stereocenters. The number of carbonyl (C=O) groups is 3. The van der Waals surface area contributed by atoms with Crippen LogP contribution in [0.25, 0.3) is 5.76 Å². The van der Waals surface area contributed by atoms with Gasteiger partial charge in [0.2, 0.25) is 0 Å². The van der Waals surface area contributed by atoms with E-state index in [9.17, 15) is 19.5 Å². The molecule has 1 aromatic heterocycles. The number of esters is 1. The average Bonchev–Trinajstić information content (AvgIpc) is 3.44. The van der Waals surface area contributed by atoms with E-state index in [0.717, 1.165) is 11.3 Å². The number of amides is 1. The van der Waals surface area contributed by atoms with Crippen LogP contribution in [0.5, 0.6) is 11.5 Å². The molecule has 39 heavy (non-hydrogen) atoms. The van der Waals surface area contributed by atoms with Gasteiger partial charge < -0.3 is 19.3 Å². The number of aliphatic hydroxyl groups excluding tert-OH is 1. The summed E-state index contributed by atoms with van der Waals surface area (Å²) in [5.41, 5.74) is 1.11. The Morgan fingerprint density at radius 2 is 1.85 bits per heavy atom. The number of carbonyl (C=O) groups excluding carboxylic acids is 3. The maximum Gasteiger partial charge on any atom is 0.350 e. The Morgan fingerprint density at radius 3 is 2.51 bits per heavy atom. The summed E-state index contributed by atoms with van der Waals surface area (Å²) in [4.78, 5) is 45.2. The Hall–Kier alpha value is -4.44. The number of thiazole rings is 1. The zero-order valence-electron chi connectivity index (χ0n) is 21.8. The van der Waals surface area contributed by atoms with Gasteiger partial charge in [-0.05, 0) is 50.6 Å². The van der Waals surface area contributed by atoms with Gasteiger partial charge in [0.15, 0.2) is 5.13 Å². The van der Waals surface area contributed by atoms with Gasteiger partial charge in [-0.3, -0.25) is 14.5 Å². The van der Waals surface area contributed by atoms with Gasteiger partial charge in [-0.1, -0.05) is 48.3 Å². The molecule has 0 bridgehead atoms. The molecule has 10 heteroatoms. The molecule has 2 heterocycles. The van der Waals surface area contributed by atoms with Crippen molar-refractivity contribution in [2.45, 2.75) is 26.8 Å². The molecule has 0 saturated carbocycles. The Balaban J connectivity index is 1.87. The minimum Gasteiger partial charge on any atom is -0.507 e. The lowest BCUT2D eigenvalue weighted by Crippen LogP contribution is -2.29. The minimum atomic E-state index is -1.02. The van der Waals surface area contributed by atoms with E-state index in [1.165, 1.54) is 4.90 Å². The van der Waals surface area contributed by atoms with Crippen molar-refractivity contribution in [3.63, 3.8) is 0 Å². The van der Waals surface area contributed by atoms with Gasteiger partial charge in [0, 0.05) is 5.56 Å². The Morgan fingerprint density at radius 1 is 1.10 bits per heavy atom. The SMILES string of the molecule is C=CCOc1ccc(C2/C(=C(\O)c3cccc(OCC)c3)C(=O)C(=O)N2c2nc(C)c(C(=O)OCC)s2)cc1. The third kappa shape index (κ3) is 5.56. The fourth-order valence-corrected chi connectivity index (χ4v) is 5.16. The highest BCUT2D eigenvalue weighted by Gasteiger charge is 2.48. The molecule has 9 nitrogen and oxygen atoms in total. The minimum absolute atomic E-state index is 0.112. The fraction of sp³-hybridized carbons (Fsp3) is 0.241. The van der Waals surface area contributed by atoms with Crippen molar-refractivity contribution >= 4 is 39.9 Å². The number of Topliss-reactive ketones (excluding diaryl/α,β-unsaturated/α-hetero) is 1. The number of aliphatic hydroxyl groups is 1. The van der Waals surface area contributed by atoms with Crippen LogP contribution >= 0.6 is 11.3 Å². The van der Waals surface area contributed by atoms with Gasteiger partial charge in [0.1, 0.15) is 28.7 Å². The third-order valence-corrected chi connectivity index (χ3v) is 7.02. The average molecular weight is 549 g/mol. The second-order valence-electron chi connectivity index (χ2n) is 8.43. The van der Waals surface area contributed by atoms with E-state index in [1.54, 1.807) is 68.5 Å². The maximum atomic E-state index is 13.5. The second-order valence-corrected chi connectivity index (χ2v) is 9.41. The van der Waals surface area contributed by atoms with Crippen LogP contribution in [0.4, 0.5) is 5.13 Å². The molecule has 0 spiro atoms. The van der Waals surface area contributed by atoms with Crippen molar-refractivity contribution in [2.24, 2.45) is 0 Å². The summed E-state index contributed by atoms with van der Waals surface area (Å²) in [6.07, 6.45) is 1.62. The van der Waals surface area contributed by atoms with Gasteiger partial charge in [-0.2, -0.15) is 0 Å². The van der Waals surface area contributed by atoms with Gasteiger partial charge in [-0.15, -0.1) is 0 Å². The zero-order chi connectivity index (χ0) is 28.1. The summed E-state index contributed by atoms with van der Waals surface area (Å²) < 4.78 is 16.2. The van der Waals surface area contributed by atoms with Crippen molar-refractivity contribution < 1.29 is 33.7 Å². The molecule has 2 aromatic carbocycles. The van der Waals surface area contributed by atoms with Crippen LogP contribution in [0.3, 0.4) is 0 Å². The second kappa shape index (κ2) is 12.0. The van der Waals surface area contributed by atoms with E-state index in [1.807, 2.05) is 6.92 Å². The number of anilines is 1. The number of hydrogen-bond acceptors (Lipinski definition) is 9. The molecule has 1 saturated heterocycles. The predicted octanol–water partition coefficient (Wildman–Crippen LogP) is 5.22. The number of ether oxygens (including phenoxy) is 3. The van der Waals surface area contributed by atoms with Crippen molar-refractivity contribution in [1.29, 1.82) is 0 Å². The Bertz CT molecular complexity index is 1440. The summed E-state index contributed by atoms with van der Waals surface area (Å²) >= 11 is 0.949. The predicted molar refractivity (Wildman–Crippen MR) is 147 cm³/mol. The van der Waals surface area contributed by atoms with Crippen LogP contribution in [0.15, 0.2) is 66.8 Å². The quantitative estimate of drug-likeness (QED) is 0.121. The first kappa shape index (κ1) is 27.6. The number of nitrogens with zero attached hydrogens (tertiary/aromatic N) is 2. The number of ketones is 1. The van der Waals surface area contributed by atoms with Gasteiger partial charge in [0.05, 0.1) is 30.5 Å². The van der Waals surface area contributed by atoms with Crippen molar-refractivity contribution in [1.82, 2.24) is 4.98 Å². The number of aromatic nitrogens is 1. The summed E-state index contributed by atoms with van der Waals surface area (Å²) in [6.45, 7) is 9.69. The lowest BCUT2D eigenvalue weighted by Gasteiger charge is -2.23. The number of aryl methyl sites for hydroxylation is 1. The standard InChI is InChI=1S/C29H28N2O7S/c1-5-15-38-20-13-11-18(12-14-20)23-22(24(32)19-9-8-10-21(16-19)36-6-2)25(33)27(34)31(23)29-30-17(4)26(39-29)28(35)37-7-3/h5,8-14,16,23,32H,1,6-7,15H2,2-4H3/b24-22+. The molecule has 1 amide bonds. The molecular weight excluding hydrogens is 520 g/mol.